The van der Waals surface area contributed by atoms with Crippen LogP contribution < -0.4 is 5.32 Å². The van der Waals surface area contributed by atoms with Crippen molar-refractivity contribution in [2.75, 3.05) is 11.9 Å². The smallest absolute Gasteiger partial charge is 0.150 e. The van der Waals surface area contributed by atoms with Crippen LogP contribution in [-0.4, -0.2) is 12.8 Å². The van der Waals surface area contributed by atoms with Crippen LogP contribution in [0.4, 0.5) is 5.69 Å². The Bertz CT molecular complexity index is 406. The molecule has 0 spiro atoms. The van der Waals surface area contributed by atoms with Crippen molar-refractivity contribution < 1.29 is 4.79 Å². The van der Waals surface area contributed by atoms with E-state index in [9.17, 15) is 4.79 Å². The molecule has 0 heterocycles. The molecule has 1 atom stereocenters. The lowest BCUT2D eigenvalue weighted by atomic mass is 9.84. The fourth-order valence-corrected chi connectivity index (χ4v) is 3.34. The van der Waals surface area contributed by atoms with Gasteiger partial charge in [0.1, 0.15) is 6.29 Å². The molecule has 0 aliphatic heterocycles. The third-order valence-corrected chi connectivity index (χ3v) is 4.93. The van der Waals surface area contributed by atoms with Crippen LogP contribution >= 0.6 is 0 Å². The van der Waals surface area contributed by atoms with Gasteiger partial charge in [-0.15, -0.1) is 0 Å². The molecule has 0 amide bonds. The van der Waals surface area contributed by atoms with Crippen molar-refractivity contribution in [1.29, 1.82) is 0 Å². The van der Waals surface area contributed by atoms with E-state index in [0.29, 0.717) is 0 Å². The van der Waals surface area contributed by atoms with Crippen molar-refractivity contribution in [3.63, 3.8) is 0 Å². The molecule has 1 aliphatic rings. The minimum atomic E-state index is 0.741. The molecule has 1 aliphatic carbocycles. The van der Waals surface area contributed by atoms with Gasteiger partial charge in [-0.1, -0.05) is 51.9 Å². The van der Waals surface area contributed by atoms with Gasteiger partial charge in [-0.3, -0.25) is 4.79 Å². The van der Waals surface area contributed by atoms with Crippen molar-refractivity contribution in [2.24, 2.45) is 11.8 Å². The highest BCUT2D eigenvalue weighted by Crippen LogP contribution is 2.29. The number of rotatable bonds is 8. The number of carbonyl (C=O) groups excluding carboxylic acids is 1. The van der Waals surface area contributed by atoms with Gasteiger partial charge in [0.25, 0.3) is 0 Å². The van der Waals surface area contributed by atoms with Crippen molar-refractivity contribution in [3.05, 3.63) is 29.8 Å². The molecular formula is C19H29NO. The van der Waals surface area contributed by atoms with E-state index >= 15 is 0 Å². The highest BCUT2D eigenvalue weighted by Gasteiger charge is 2.15. The molecule has 0 aromatic heterocycles. The number of hydrogen-bond donors (Lipinski definition) is 1. The SMILES string of the molecule is CCC(CCC1CCCCC1)CNc1ccc(C=O)cc1. The Morgan fingerprint density at radius 3 is 2.52 bits per heavy atom. The molecule has 2 rings (SSSR count). The van der Waals surface area contributed by atoms with Crippen LogP contribution in [0.25, 0.3) is 0 Å². The number of carbonyl (C=O) groups is 1. The standard InChI is InChI=1S/C19H29NO/c1-2-16(8-9-17-6-4-3-5-7-17)14-20-19-12-10-18(15-21)11-13-19/h10-13,15-17,20H,2-9,14H2,1H3. The lowest BCUT2D eigenvalue weighted by Gasteiger charge is -2.24. The molecular weight excluding hydrogens is 258 g/mol. The second-order valence-corrected chi connectivity index (χ2v) is 6.48. The Balaban J connectivity index is 1.71. The fourth-order valence-electron chi connectivity index (χ4n) is 3.34. The van der Waals surface area contributed by atoms with E-state index in [1.54, 1.807) is 0 Å². The molecule has 1 aromatic carbocycles. The average Bonchev–Trinajstić information content (AvgIpc) is 2.56. The maximum atomic E-state index is 10.6. The monoisotopic (exact) mass is 287 g/mol. The zero-order valence-electron chi connectivity index (χ0n) is 13.3. The Morgan fingerprint density at radius 1 is 1.19 bits per heavy atom. The van der Waals surface area contributed by atoms with Gasteiger partial charge in [-0.25, -0.2) is 0 Å². The van der Waals surface area contributed by atoms with Crippen molar-refractivity contribution in [1.82, 2.24) is 0 Å². The molecule has 21 heavy (non-hydrogen) atoms. The lowest BCUT2D eigenvalue weighted by Crippen LogP contribution is -2.16. The normalized spacial score (nSPS) is 17.4. The Hall–Kier alpha value is -1.31. The third-order valence-electron chi connectivity index (χ3n) is 4.93. The first-order valence-corrected chi connectivity index (χ1v) is 8.61. The summed E-state index contributed by atoms with van der Waals surface area (Å²) in [5.41, 5.74) is 1.86. The van der Waals surface area contributed by atoms with E-state index in [0.717, 1.165) is 35.9 Å². The van der Waals surface area contributed by atoms with Crippen molar-refractivity contribution in [3.8, 4) is 0 Å². The van der Waals surface area contributed by atoms with Gasteiger partial charge in [0, 0.05) is 17.8 Å². The molecule has 1 fully saturated rings. The maximum Gasteiger partial charge on any atom is 0.150 e. The summed E-state index contributed by atoms with van der Waals surface area (Å²) in [6.45, 7) is 3.34. The molecule has 0 radical (unpaired) electrons. The molecule has 1 N–H and O–H groups in total. The van der Waals surface area contributed by atoms with Gasteiger partial charge in [0.2, 0.25) is 0 Å². The van der Waals surface area contributed by atoms with E-state index in [1.165, 1.54) is 51.4 Å². The van der Waals surface area contributed by atoms with E-state index in [4.69, 9.17) is 0 Å². The minimum Gasteiger partial charge on any atom is -0.385 e. The number of benzene rings is 1. The van der Waals surface area contributed by atoms with Crippen LogP contribution in [0.1, 0.15) is 68.6 Å². The summed E-state index contributed by atoms with van der Waals surface area (Å²) in [6, 6.07) is 7.74. The van der Waals surface area contributed by atoms with E-state index in [1.807, 2.05) is 24.3 Å². The first-order chi connectivity index (χ1) is 10.3. The molecule has 2 nitrogen and oxygen atoms in total. The number of nitrogens with one attached hydrogen (secondary N) is 1. The van der Waals surface area contributed by atoms with Crippen molar-refractivity contribution >= 4 is 12.0 Å². The Morgan fingerprint density at radius 2 is 1.90 bits per heavy atom. The Labute approximate surface area is 129 Å². The highest BCUT2D eigenvalue weighted by atomic mass is 16.1. The van der Waals surface area contributed by atoms with Gasteiger partial charge < -0.3 is 5.32 Å². The van der Waals surface area contributed by atoms with Gasteiger partial charge in [0.05, 0.1) is 0 Å². The van der Waals surface area contributed by atoms with Crippen LogP contribution in [0.3, 0.4) is 0 Å². The molecule has 116 valence electrons. The molecule has 1 saturated carbocycles. The molecule has 0 bridgehead atoms. The van der Waals surface area contributed by atoms with Crippen LogP contribution in [0.15, 0.2) is 24.3 Å². The quantitative estimate of drug-likeness (QED) is 0.657. The minimum absolute atomic E-state index is 0.741. The lowest BCUT2D eigenvalue weighted by molar-refractivity contribution is 0.112. The van der Waals surface area contributed by atoms with Gasteiger partial charge in [0.15, 0.2) is 0 Å². The molecule has 2 heteroatoms. The first-order valence-electron chi connectivity index (χ1n) is 8.61. The van der Waals surface area contributed by atoms with Gasteiger partial charge in [-0.2, -0.15) is 0 Å². The average molecular weight is 287 g/mol. The molecule has 1 unspecified atom stereocenters. The van der Waals surface area contributed by atoms with Crippen LogP contribution in [0, 0.1) is 11.8 Å². The summed E-state index contributed by atoms with van der Waals surface area (Å²) in [5, 5.41) is 3.52. The zero-order chi connectivity index (χ0) is 14.9. The summed E-state index contributed by atoms with van der Waals surface area (Å²) in [4.78, 5) is 10.6. The van der Waals surface area contributed by atoms with Crippen molar-refractivity contribution in [2.45, 2.75) is 58.3 Å². The topological polar surface area (TPSA) is 29.1 Å². The number of anilines is 1. The summed E-state index contributed by atoms with van der Waals surface area (Å²) < 4.78 is 0. The first kappa shape index (κ1) is 16.1. The summed E-state index contributed by atoms with van der Waals surface area (Å²) >= 11 is 0. The number of hydrogen-bond acceptors (Lipinski definition) is 2. The second kappa shape index (κ2) is 8.86. The fraction of sp³-hybridized carbons (Fsp3) is 0.632. The summed E-state index contributed by atoms with van der Waals surface area (Å²) in [6.07, 6.45) is 12.1. The molecule has 1 aromatic rings. The molecule has 0 saturated heterocycles. The zero-order valence-corrected chi connectivity index (χ0v) is 13.3. The van der Waals surface area contributed by atoms with E-state index in [2.05, 4.69) is 12.2 Å². The van der Waals surface area contributed by atoms with Crippen LogP contribution in [0.2, 0.25) is 0 Å². The second-order valence-electron chi connectivity index (χ2n) is 6.48. The predicted molar refractivity (Wildman–Crippen MR) is 89.9 cm³/mol. The van der Waals surface area contributed by atoms with Gasteiger partial charge in [-0.05, 0) is 42.5 Å². The van der Waals surface area contributed by atoms with Gasteiger partial charge >= 0.3 is 0 Å². The summed E-state index contributed by atoms with van der Waals surface area (Å²) in [5.74, 6) is 1.75. The largest absolute Gasteiger partial charge is 0.385 e. The predicted octanol–water partition coefficient (Wildman–Crippen LogP) is 5.30. The van der Waals surface area contributed by atoms with Crippen LogP contribution in [-0.2, 0) is 0 Å². The Kier molecular flexibility index (Phi) is 6.78. The summed E-state index contributed by atoms with van der Waals surface area (Å²) in [7, 11) is 0. The van der Waals surface area contributed by atoms with E-state index < -0.39 is 0 Å². The highest BCUT2D eigenvalue weighted by molar-refractivity contribution is 5.75. The maximum absolute atomic E-state index is 10.6. The van der Waals surface area contributed by atoms with E-state index in [-0.39, 0.29) is 0 Å². The van der Waals surface area contributed by atoms with Crippen LogP contribution in [0.5, 0.6) is 0 Å². The third kappa shape index (κ3) is 5.53. The number of aldehydes is 1.